The Morgan fingerprint density at radius 3 is 2.26 bits per heavy atom. The fourth-order valence-electron chi connectivity index (χ4n) is 3.49. The number of carbonyl (C=O) groups is 1. The van der Waals surface area contributed by atoms with E-state index < -0.39 is 29.2 Å². The molecule has 1 amide bonds. The van der Waals surface area contributed by atoms with Crippen molar-refractivity contribution in [3.63, 3.8) is 0 Å². The predicted octanol–water partition coefficient (Wildman–Crippen LogP) is 7.47. The Morgan fingerprint density at radius 2 is 1.62 bits per heavy atom. The van der Waals surface area contributed by atoms with Crippen LogP contribution in [0.4, 0.5) is 23.2 Å². The molecule has 0 atom stereocenters. The van der Waals surface area contributed by atoms with Crippen LogP contribution in [0, 0.1) is 5.82 Å². The van der Waals surface area contributed by atoms with Gasteiger partial charge in [-0.1, -0.05) is 71.7 Å². The smallest absolute Gasteiger partial charge is 0.319 e. The van der Waals surface area contributed by atoms with Crippen molar-refractivity contribution in [3.8, 4) is 22.3 Å². The molecule has 0 aliphatic rings. The molecular formula is C24H15Cl2F4N3O. The first-order chi connectivity index (χ1) is 16.1. The maximum Gasteiger partial charge on any atom is 0.435 e. The van der Waals surface area contributed by atoms with E-state index >= 15 is 4.39 Å². The molecule has 34 heavy (non-hydrogen) atoms. The number of benzene rings is 3. The molecule has 0 aliphatic carbocycles. The molecule has 0 radical (unpaired) electrons. The minimum absolute atomic E-state index is 0.155. The van der Waals surface area contributed by atoms with Gasteiger partial charge in [0.05, 0.1) is 21.3 Å². The van der Waals surface area contributed by atoms with E-state index in [4.69, 9.17) is 23.2 Å². The van der Waals surface area contributed by atoms with Gasteiger partial charge in [0.25, 0.3) is 5.91 Å². The van der Waals surface area contributed by atoms with Crippen LogP contribution >= 0.6 is 23.2 Å². The number of halogens is 6. The second-order valence-electron chi connectivity index (χ2n) is 7.36. The lowest BCUT2D eigenvalue weighted by Crippen LogP contribution is -2.19. The molecule has 1 aromatic heterocycles. The van der Waals surface area contributed by atoms with E-state index in [0.717, 1.165) is 10.9 Å². The summed E-state index contributed by atoms with van der Waals surface area (Å²) >= 11 is 12.1. The minimum Gasteiger partial charge on any atom is -0.319 e. The van der Waals surface area contributed by atoms with Crippen molar-refractivity contribution in [1.29, 1.82) is 0 Å². The van der Waals surface area contributed by atoms with Crippen molar-refractivity contribution in [2.75, 3.05) is 5.32 Å². The van der Waals surface area contributed by atoms with Gasteiger partial charge in [-0.3, -0.25) is 9.48 Å². The zero-order valence-electron chi connectivity index (χ0n) is 17.4. The summed E-state index contributed by atoms with van der Waals surface area (Å²) in [5.41, 5.74) is -1.12. The number of hydrogen-bond acceptors (Lipinski definition) is 2. The van der Waals surface area contributed by atoms with Crippen molar-refractivity contribution in [2.24, 2.45) is 7.05 Å². The summed E-state index contributed by atoms with van der Waals surface area (Å²) in [6.07, 6.45) is -3.94. The van der Waals surface area contributed by atoms with Crippen molar-refractivity contribution in [2.45, 2.75) is 6.18 Å². The van der Waals surface area contributed by atoms with Crippen LogP contribution in [0.25, 0.3) is 22.3 Å². The molecule has 3 aromatic carbocycles. The molecule has 4 nitrogen and oxygen atoms in total. The predicted molar refractivity (Wildman–Crippen MR) is 123 cm³/mol. The summed E-state index contributed by atoms with van der Waals surface area (Å²) in [5, 5.41) is 6.12. The number of rotatable bonds is 4. The Kier molecular flexibility index (Phi) is 6.38. The fraction of sp³-hybridized carbons (Fsp3) is 0.0833. The van der Waals surface area contributed by atoms with Crippen molar-refractivity contribution in [1.82, 2.24) is 9.78 Å². The van der Waals surface area contributed by atoms with E-state index in [1.807, 2.05) is 0 Å². The molecule has 4 aromatic rings. The van der Waals surface area contributed by atoms with Gasteiger partial charge in [0.15, 0.2) is 11.5 Å². The van der Waals surface area contributed by atoms with Crippen LogP contribution in [0.5, 0.6) is 0 Å². The number of hydrogen-bond donors (Lipinski definition) is 1. The van der Waals surface area contributed by atoms with Gasteiger partial charge in [0.2, 0.25) is 0 Å². The Balaban J connectivity index is 1.87. The van der Waals surface area contributed by atoms with Gasteiger partial charge < -0.3 is 5.32 Å². The average Bonchev–Trinajstić information content (AvgIpc) is 3.20. The Morgan fingerprint density at radius 1 is 0.941 bits per heavy atom. The number of aryl methyl sites for hydroxylation is 1. The van der Waals surface area contributed by atoms with Crippen molar-refractivity contribution >= 4 is 34.8 Å². The van der Waals surface area contributed by atoms with E-state index in [2.05, 4.69) is 10.4 Å². The summed E-state index contributed by atoms with van der Waals surface area (Å²) in [6.45, 7) is 0. The number of aromatic nitrogens is 2. The number of carbonyl (C=O) groups excluding carboxylic acids is 1. The highest BCUT2D eigenvalue weighted by molar-refractivity contribution is 6.42. The van der Waals surface area contributed by atoms with Gasteiger partial charge in [-0.05, 0) is 23.3 Å². The van der Waals surface area contributed by atoms with Gasteiger partial charge in [0, 0.05) is 24.4 Å². The second-order valence-corrected chi connectivity index (χ2v) is 8.18. The van der Waals surface area contributed by atoms with Crippen LogP contribution < -0.4 is 5.32 Å². The molecule has 0 aliphatic heterocycles. The lowest BCUT2D eigenvalue weighted by Gasteiger charge is -2.16. The standard InChI is InChI=1S/C24H15Cl2F4N3O/c1-33-12-17(22(32-33)24(28,29)30)23(34)31-21-16(14-7-10-18(25)19(26)11-14)9-8-15(20(21)27)13-5-3-2-4-6-13/h2-12H,1H3,(H,31,34). The molecule has 4 rings (SSSR count). The second kappa shape index (κ2) is 9.12. The Hall–Kier alpha value is -3.36. The van der Waals surface area contributed by atoms with E-state index in [1.165, 1.54) is 25.2 Å². The zero-order valence-corrected chi connectivity index (χ0v) is 18.9. The molecule has 0 unspecified atom stereocenters. The van der Waals surface area contributed by atoms with Crippen LogP contribution in [0.3, 0.4) is 0 Å². The molecule has 1 N–H and O–H groups in total. The Bertz CT molecular complexity index is 1390. The topological polar surface area (TPSA) is 46.9 Å². The SMILES string of the molecule is Cn1cc(C(=O)Nc2c(-c3ccc(Cl)c(Cl)c3)ccc(-c3ccccc3)c2F)c(C(F)(F)F)n1. The highest BCUT2D eigenvalue weighted by Gasteiger charge is 2.39. The lowest BCUT2D eigenvalue weighted by atomic mass is 9.97. The number of amides is 1. The number of anilines is 1. The van der Waals surface area contributed by atoms with E-state index in [1.54, 1.807) is 42.5 Å². The van der Waals surface area contributed by atoms with Gasteiger partial charge >= 0.3 is 6.18 Å². The van der Waals surface area contributed by atoms with Crippen molar-refractivity contribution in [3.05, 3.63) is 94.0 Å². The minimum atomic E-state index is -4.87. The molecule has 1 heterocycles. The third-order valence-corrected chi connectivity index (χ3v) is 5.78. The first kappa shape index (κ1) is 23.8. The van der Waals surface area contributed by atoms with Gasteiger partial charge in [-0.15, -0.1) is 0 Å². The zero-order chi connectivity index (χ0) is 24.6. The third kappa shape index (κ3) is 4.64. The summed E-state index contributed by atoms with van der Waals surface area (Å²) in [4.78, 5) is 12.9. The van der Waals surface area contributed by atoms with Crippen LogP contribution in [0.15, 0.2) is 66.9 Å². The normalized spacial score (nSPS) is 11.5. The summed E-state index contributed by atoms with van der Waals surface area (Å²) in [6, 6.07) is 16.1. The Labute approximate surface area is 201 Å². The van der Waals surface area contributed by atoms with Crippen LogP contribution in [-0.2, 0) is 13.2 Å². The van der Waals surface area contributed by atoms with E-state index in [9.17, 15) is 18.0 Å². The van der Waals surface area contributed by atoms with Crippen LogP contribution in [0.1, 0.15) is 16.1 Å². The quantitative estimate of drug-likeness (QED) is 0.291. The molecule has 0 saturated heterocycles. The molecule has 174 valence electrons. The first-order valence-electron chi connectivity index (χ1n) is 9.82. The van der Waals surface area contributed by atoms with Gasteiger partial charge in [-0.2, -0.15) is 18.3 Å². The largest absolute Gasteiger partial charge is 0.435 e. The first-order valence-corrected chi connectivity index (χ1v) is 10.6. The summed E-state index contributed by atoms with van der Waals surface area (Å²) in [5.74, 6) is -1.98. The summed E-state index contributed by atoms with van der Waals surface area (Å²) < 4.78 is 56.8. The summed E-state index contributed by atoms with van der Waals surface area (Å²) in [7, 11) is 1.25. The maximum absolute atomic E-state index is 15.8. The van der Waals surface area contributed by atoms with Crippen LogP contribution in [0.2, 0.25) is 10.0 Å². The lowest BCUT2D eigenvalue weighted by molar-refractivity contribution is -0.141. The van der Waals surface area contributed by atoms with Crippen LogP contribution in [-0.4, -0.2) is 15.7 Å². The highest BCUT2D eigenvalue weighted by Crippen LogP contribution is 2.39. The molecule has 0 bridgehead atoms. The number of nitrogens with zero attached hydrogens (tertiary/aromatic N) is 2. The molecule has 0 saturated carbocycles. The molecule has 0 spiro atoms. The van der Waals surface area contributed by atoms with Crippen molar-refractivity contribution < 1.29 is 22.4 Å². The third-order valence-electron chi connectivity index (χ3n) is 5.04. The highest BCUT2D eigenvalue weighted by atomic mass is 35.5. The number of nitrogens with one attached hydrogen (secondary N) is 1. The van der Waals surface area contributed by atoms with Gasteiger partial charge in [-0.25, -0.2) is 4.39 Å². The molecule has 10 heteroatoms. The van der Waals surface area contributed by atoms with E-state index in [-0.39, 0.29) is 26.9 Å². The van der Waals surface area contributed by atoms with E-state index in [0.29, 0.717) is 11.1 Å². The number of alkyl halides is 3. The fourth-order valence-corrected chi connectivity index (χ4v) is 3.79. The molecule has 0 fully saturated rings. The van der Waals surface area contributed by atoms with Gasteiger partial charge in [0.1, 0.15) is 0 Å². The maximum atomic E-state index is 15.8. The molecular weight excluding hydrogens is 493 g/mol. The average molecular weight is 508 g/mol. The monoisotopic (exact) mass is 507 g/mol.